The molecular weight excluding hydrogens is 427 g/mol. The Morgan fingerprint density at radius 2 is 1.96 bits per heavy atom. The molecule has 2 amide bonds. The van der Waals surface area contributed by atoms with Gasteiger partial charge in [0.05, 0.1) is 0 Å². The van der Waals surface area contributed by atoms with Gasteiger partial charge in [0.15, 0.2) is 18.2 Å². The molecule has 0 aliphatic carbocycles. The molecule has 28 heavy (non-hydrogen) atoms. The van der Waals surface area contributed by atoms with E-state index in [4.69, 9.17) is 4.74 Å². The molecule has 0 fully saturated rings. The van der Waals surface area contributed by atoms with Gasteiger partial charge in [-0.3, -0.25) is 9.59 Å². The molecule has 0 saturated heterocycles. The van der Waals surface area contributed by atoms with E-state index in [1.165, 1.54) is 17.0 Å². The van der Waals surface area contributed by atoms with Gasteiger partial charge in [0.1, 0.15) is 6.04 Å². The van der Waals surface area contributed by atoms with Gasteiger partial charge < -0.3 is 15.0 Å². The molecular formula is C21H24BrFN2O3. The molecule has 0 unspecified atom stereocenters. The summed E-state index contributed by atoms with van der Waals surface area (Å²) in [6.07, 6.45) is 0.800. The Morgan fingerprint density at radius 1 is 1.21 bits per heavy atom. The minimum Gasteiger partial charge on any atom is -0.481 e. The molecule has 7 heteroatoms. The molecule has 0 aliphatic heterocycles. The number of para-hydroxylation sites is 1. The van der Waals surface area contributed by atoms with E-state index in [0.717, 1.165) is 16.5 Å². The zero-order valence-electron chi connectivity index (χ0n) is 16.0. The van der Waals surface area contributed by atoms with Crippen molar-refractivity contribution in [2.45, 2.75) is 32.9 Å². The van der Waals surface area contributed by atoms with Crippen LogP contribution in [0.4, 0.5) is 4.39 Å². The fourth-order valence-corrected chi connectivity index (χ4v) is 3.04. The lowest BCUT2D eigenvalue weighted by Crippen LogP contribution is -2.49. The smallest absolute Gasteiger partial charge is 0.261 e. The molecule has 0 aromatic heterocycles. The average Bonchev–Trinajstić information content (AvgIpc) is 2.69. The highest BCUT2D eigenvalue weighted by atomic mass is 79.9. The Hall–Kier alpha value is -2.41. The lowest BCUT2D eigenvalue weighted by atomic mass is 10.1. The van der Waals surface area contributed by atoms with Crippen LogP contribution in [0.1, 0.15) is 25.8 Å². The third-order valence-electron chi connectivity index (χ3n) is 4.15. The molecule has 1 atom stereocenters. The maximum absolute atomic E-state index is 13.7. The van der Waals surface area contributed by atoms with Gasteiger partial charge in [0.25, 0.3) is 5.91 Å². The first kappa shape index (κ1) is 21.9. The third-order valence-corrected chi connectivity index (χ3v) is 4.64. The molecule has 1 N–H and O–H groups in total. The van der Waals surface area contributed by atoms with Gasteiger partial charge >= 0.3 is 0 Å². The molecule has 2 rings (SSSR count). The summed E-state index contributed by atoms with van der Waals surface area (Å²) in [7, 11) is 0. The lowest BCUT2D eigenvalue weighted by Gasteiger charge is -2.28. The summed E-state index contributed by atoms with van der Waals surface area (Å²) in [5.74, 6) is -1.18. The van der Waals surface area contributed by atoms with Crippen LogP contribution in [0.25, 0.3) is 0 Å². The van der Waals surface area contributed by atoms with E-state index in [1.54, 1.807) is 19.1 Å². The summed E-state index contributed by atoms with van der Waals surface area (Å²) >= 11 is 3.41. The van der Waals surface area contributed by atoms with Gasteiger partial charge in [-0.05, 0) is 43.2 Å². The molecule has 150 valence electrons. The molecule has 2 aromatic carbocycles. The highest BCUT2D eigenvalue weighted by Crippen LogP contribution is 2.18. The Labute approximate surface area is 173 Å². The highest BCUT2D eigenvalue weighted by molar-refractivity contribution is 9.10. The second-order valence-electron chi connectivity index (χ2n) is 6.34. The monoisotopic (exact) mass is 450 g/mol. The van der Waals surface area contributed by atoms with Crippen LogP contribution in [-0.2, 0) is 16.1 Å². The van der Waals surface area contributed by atoms with Crippen molar-refractivity contribution in [2.75, 3.05) is 13.2 Å². The first-order valence-electron chi connectivity index (χ1n) is 9.11. The van der Waals surface area contributed by atoms with Gasteiger partial charge in [0.2, 0.25) is 5.91 Å². The van der Waals surface area contributed by atoms with Crippen molar-refractivity contribution >= 4 is 27.7 Å². The van der Waals surface area contributed by atoms with Crippen molar-refractivity contribution in [1.82, 2.24) is 10.2 Å². The minimum atomic E-state index is -0.692. The minimum absolute atomic E-state index is 0.00124. The van der Waals surface area contributed by atoms with Crippen LogP contribution in [0.5, 0.6) is 5.75 Å². The number of halogens is 2. The topological polar surface area (TPSA) is 58.6 Å². The van der Waals surface area contributed by atoms with Gasteiger partial charge in [0, 0.05) is 17.6 Å². The SMILES string of the molecule is CCCNC(=O)[C@H](C)N(Cc1cccc(Br)c1)C(=O)COc1ccccc1F. The number of carbonyl (C=O) groups excluding carboxylic acids is 2. The molecule has 0 heterocycles. The number of benzene rings is 2. The van der Waals surface area contributed by atoms with Crippen LogP contribution in [-0.4, -0.2) is 35.9 Å². The Morgan fingerprint density at radius 3 is 2.64 bits per heavy atom. The van der Waals surface area contributed by atoms with E-state index >= 15 is 0 Å². The number of nitrogens with zero attached hydrogens (tertiary/aromatic N) is 1. The van der Waals surface area contributed by atoms with Crippen molar-refractivity contribution in [3.63, 3.8) is 0 Å². The number of amides is 2. The van der Waals surface area contributed by atoms with Crippen LogP contribution >= 0.6 is 15.9 Å². The second-order valence-corrected chi connectivity index (χ2v) is 7.25. The van der Waals surface area contributed by atoms with Crippen molar-refractivity contribution in [3.05, 3.63) is 64.4 Å². The summed E-state index contributed by atoms with van der Waals surface area (Å²) < 4.78 is 20.0. The van der Waals surface area contributed by atoms with Gasteiger partial charge in [-0.1, -0.05) is 47.1 Å². The summed E-state index contributed by atoms with van der Waals surface area (Å²) in [4.78, 5) is 26.7. The quantitative estimate of drug-likeness (QED) is 0.629. The number of nitrogens with one attached hydrogen (secondary N) is 1. The highest BCUT2D eigenvalue weighted by Gasteiger charge is 2.26. The van der Waals surface area contributed by atoms with E-state index in [1.807, 2.05) is 31.2 Å². The number of hydrogen-bond acceptors (Lipinski definition) is 3. The number of carbonyl (C=O) groups is 2. The van der Waals surface area contributed by atoms with E-state index in [9.17, 15) is 14.0 Å². The van der Waals surface area contributed by atoms with E-state index < -0.39 is 17.8 Å². The zero-order valence-corrected chi connectivity index (χ0v) is 17.5. The molecule has 0 radical (unpaired) electrons. The average molecular weight is 451 g/mol. The Kier molecular flexibility index (Phi) is 8.44. The van der Waals surface area contributed by atoms with E-state index in [-0.39, 0.29) is 24.8 Å². The van der Waals surface area contributed by atoms with Crippen molar-refractivity contribution in [3.8, 4) is 5.75 Å². The summed E-state index contributed by atoms with van der Waals surface area (Å²) in [5, 5.41) is 2.80. The molecule has 0 saturated carbocycles. The van der Waals surface area contributed by atoms with Crippen LogP contribution < -0.4 is 10.1 Å². The fourth-order valence-electron chi connectivity index (χ4n) is 2.59. The maximum Gasteiger partial charge on any atom is 0.261 e. The lowest BCUT2D eigenvalue weighted by molar-refractivity contribution is -0.142. The number of ether oxygens (including phenoxy) is 1. The first-order chi connectivity index (χ1) is 13.4. The van der Waals surface area contributed by atoms with Gasteiger partial charge in [-0.25, -0.2) is 4.39 Å². The molecule has 0 bridgehead atoms. The molecule has 2 aromatic rings. The standard InChI is InChI=1S/C21H24BrFN2O3/c1-3-11-24-21(27)15(2)25(13-16-7-6-8-17(22)12-16)20(26)14-28-19-10-5-4-9-18(19)23/h4-10,12,15H,3,11,13-14H2,1-2H3,(H,24,27)/t15-/m0/s1. The predicted molar refractivity (Wildman–Crippen MR) is 109 cm³/mol. The second kappa shape index (κ2) is 10.8. The maximum atomic E-state index is 13.7. The van der Waals surface area contributed by atoms with Crippen LogP contribution in [0.2, 0.25) is 0 Å². The van der Waals surface area contributed by atoms with Crippen molar-refractivity contribution < 1.29 is 18.7 Å². The van der Waals surface area contributed by atoms with E-state index in [2.05, 4.69) is 21.2 Å². The summed E-state index contributed by atoms with van der Waals surface area (Å²) in [6, 6.07) is 12.7. The fraction of sp³-hybridized carbons (Fsp3) is 0.333. The number of hydrogen-bond donors (Lipinski definition) is 1. The molecule has 5 nitrogen and oxygen atoms in total. The van der Waals surface area contributed by atoms with Crippen molar-refractivity contribution in [2.24, 2.45) is 0 Å². The van der Waals surface area contributed by atoms with Gasteiger partial charge in [-0.15, -0.1) is 0 Å². The largest absolute Gasteiger partial charge is 0.481 e. The number of rotatable bonds is 9. The first-order valence-corrected chi connectivity index (χ1v) is 9.90. The normalized spacial score (nSPS) is 11.6. The predicted octanol–water partition coefficient (Wildman–Crippen LogP) is 3.91. The Balaban J connectivity index is 2.14. The molecule has 0 spiro atoms. The Bertz CT molecular complexity index is 816. The summed E-state index contributed by atoms with van der Waals surface area (Å²) in [5.41, 5.74) is 0.865. The van der Waals surface area contributed by atoms with Crippen LogP contribution in [0, 0.1) is 5.82 Å². The van der Waals surface area contributed by atoms with Gasteiger partial charge in [-0.2, -0.15) is 0 Å². The third kappa shape index (κ3) is 6.34. The summed E-state index contributed by atoms with van der Waals surface area (Å²) in [6.45, 7) is 4.04. The zero-order chi connectivity index (χ0) is 20.5. The van der Waals surface area contributed by atoms with Crippen LogP contribution in [0.15, 0.2) is 53.0 Å². The van der Waals surface area contributed by atoms with E-state index in [0.29, 0.717) is 6.54 Å². The van der Waals surface area contributed by atoms with Crippen LogP contribution in [0.3, 0.4) is 0 Å². The van der Waals surface area contributed by atoms with Crippen molar-refractivity contribution in [1.29, 1.82) is 0 Å². The molecule has 0 aliphatic rings.